The Morgan fingerprint density at radius 2 is 1.42 bits per heavy atom. The van der Waals surface area contributed by atoms with Crippen LogP contribution in [0.25, 0.3) is 21.5 Å². The Bertz CT molecular complexity index is 2560. The van der Waals surface area contributed by atoms with Gasteiger partial charge in [0.25, 0.3) is 0 Å². The SMILES string of the molecule is C=CCOC12Oc3ccc(Oc4ccc5ccccc5c4)cc3C3C(CCCCO)C(CCCCO)C=C(C(=NOCc4ccccc4)CC1Sc1ccc4ccccc4c1)C32. The molecule has 8 heteroatoms. The van der Waals surface area contributed by atoms with Crippen LogP contribution in [0.1, 0.15) is 62.0 Å². The lowest BCUT2D eigenvalue weighted by Gasteiger charge is -2.58. The van der Waals surface area contributed by atoms with Gasteiger partial charge in [0.2, 0.25) is 5.79 Å². The van der Waals surface area contributed by atoms with E-state index in [1.165, 1.54) is 10.8 Å². The average Bonchev–Trinajstić information content (AvgIpc) is 3.30. The molecule has 6 aromatic carbocycles. The maximum atomic E-state index is 10.0. The lowest BCUT2D eigenvalue weighted by atomic mass is 9.56. The predicted octanol–water partition coefficient (Wildman–Crippen LogP) is 12.4. The quantitative estimate of drug-likeness (QED) is 0.0506. The van der Waals surface area contributed by atoms with E-state index in [4.69, 9.17) is 24.2 Å². The molecule has 1 fully saturated rings. The molecule has 0 amide bonds. The van der Waals surface area contributed by atoms with Crippen LogP contribution in [0.15, 0.2) is 168 Å². The van der Waals surface area contributed by atoms with Gasteiger partial charge in [-0.1, -0.05) is 121 Å². The predicted molar refractivity (Wildman–Crippen MR) is 250 cm³/mol. The summed E-state index contributed by atoms with van der Waals surface area (Å²) in [6.07, 6.45) is 9.86. The zero-order valence-electron chi connectivity index (χ0n) is 35.1. The number of hydrogen-bond donors (Lipinski definition) is 2. The van der Waals surface area contributed by atoms with Gasteiger partial charge in [-0.2, -0.15) is 0 Å². The second-order valence-electron chi connectivity index (χ2n) is 16.7. The molecule has 7 nitrogen and oxygen atoms in total. The van der Waals surface area contributed by atoms with E-state index in [-0.39, 0.29) is 42.1 Å². The van der Waals surface area contributed by atoms with Crippen molar-refractivity contribution in [3.63, 3.8) is 0 Å². The highest BCUT2D eigenvalue weighted by Crippen LogP contribution is 2.63. The first kappa shape index (κ1) is 41.9. The fourth-order valence-corrected chi connectivity index (χ4v) is 11.4. The maximum Gasteiger partial charge on any atom is 0.231 e. The number of allylic oxidation sites excluding steroid dienone is 1. The first-order valence-electron chi connectivity index (χ1n) is 22.1. The number of aliphatic hydroxyl groups is 2. The largest absolute Gasteiger partial charge is 0.460 e. The van der Waals surface area contributed by atoms with Crippen LogP contribution in [0, 0.1) is 17.8 Å². The number of oxime groups is 1. The summed E-state index contributed by atoms with van der Waals surface area (Å²) < 4.78 is 21.3. The highest BCUT2D eigenvalue weighted by Gasteiger charge is 2.64. The van der Waals surface area contributed by atoms with E-state index < -0.39 is 5.79 Å². The second-order valence-corrected chi connectivity index (χ2v) is 18.0. The molecule has 1 saturated carbocycles. The molecule has 0 radical (unpaired) electrons. The van der Waals surface area contributed by atoms with Crippen molar-refractivity contribution in [3.8, 4) is 17.2 Å². The van der Waals surface area contributed by atoms with E-state index >= 15 is 0 Å². The number of nitrogens with zero attached hydrogens (tertiary/aromatic N) is 1. The summed E-state index contributed by atoms with van der Waals surface area (Å²) in [5.74, 6) is 1.23. The lowest BCUT2D eigenvalue weighted by Crippen LogP contribution is -2.64. The molecule has 0 spiro atoms. The van der Waals surface area contributed by atoms with Crippen LogP contribution in [0.4, 0.5) is 0 Å². The molecule has 9 rings (SSSR count). The summed E-state index contributed by atoms with van der Waals surface area (Å²) in [5.41, 5.74) is 4.14. The van der Waals surface area contributed by atoms with Gasteiger partial charge in [0, 0.05) is 36.0 Å². The Morgan fingerprint density at radius 1 is 0.742 bits per heavy atom. The van der Waals surface area contributed by atoms with Gasteiger partial charge in [-0.3, -0.25) is 0 Å². The number of ether oxygens (including phenoxy) is 3. The zero-order valence-corrected chi connectivity index (χ0v) is 35.9. The number of thioether (sulfide) groups is 1. The van der Waals surface area contributed by atoms with Crippen molar-refractivity contribution in [2.75, 3.05) is 19.8 Å². The van der Waals surface area contributed by atoms with Gasteiger partial charge in [0.1, 0.15) is 23.9 Å². The summed E-state index contributed by atoms with van der Waals surface area (Å²) in [6.45, 7) is 5.06. The van der Waals surface area contributed by atoms with Crippen molar-refractivity contribution in [2.24, 2.45) is 22.9 Å². The first-order valence-corrected chi connectivity index (χ1v) is 23.0. The highest BCUT2D eigenvalue weighted by atomic mass is 32.2. The number of benzene rings is 6. The Morgan fingerprint density at radius 3 is 2.18 bits per heavy atom. The van der Waals surface area contributed by atoms with Crippen molar-refractivity contribution < 1.29 is 29.3 Å². The van der Waals surface area contributed by atoms with Crippen molar-refractivity contribution in [1.82, 2.24) is 0 Å². The standard InChI is InChI=1S/C54H55NO6S/c1-2-30-58-54-51(62-45-26-23-39-17-7-9-19-41(39)32-45)35-49(55-59-36-37-14-4-3-5-15-37)47-33-42(20-10-12-28-56)46(21-11-13-29-57)52(53(47)54)48-34-44(25-27-50(48)61-54)60-43-24-22-38-16-6-8-18-40(38)31-43/h2-9,14-19,22-27,31-34,42,46,51-53,56-57H,1,10-13,20-21,28-30,35-36H2. The zero-order chi connectivity index (χ0) is 42.3. The summed E-state index contributed by atoms with van der Waals surface area (Å²) in [4.78, 5) is 7.41. The number of hydrogen-bond acceptors (Lipinski definition) is 8. The Balaban J connectivity index is 1.20. The molecule has 2 N–H and O–H groups in total. The molecule has 1 heterocycles. The van der Waals surface area contributed by atoms with E-state index in [1.807, 2.05) is 48.5 Å². The van der Waals surface area contributed by atoms with Gasteiger partial charge in [0.05, 0.1) is 23.5 Å². The molecule has 6 aromatic rings. The number of rotatable bonds is 18. The molecule has 3 aliphatic rings. The summed E-state index contributed by atoms with van der Waals surface area (Å²) in [7, 11) is 0. The van der Waals surface area contributed by atoms with Crippen molar-refractivity contribution in [2.45, 2.75) is 73.4 Å². The van der Waals surface area contributed by atoms with Gasteiger partial charge in [-0.15, -0.1) is 18.3 Å². The van der Waals surface area contributed by atoms with E-state index in [2.05, 4.69) is 104 Å². The van der Waals surface area contributed by atoms with Crippen LogP contribution >= 0.6 is 11.8 Å². The molecular weight excluding hydrogens is 791 g/mol. The van der Waals surface area contributed by atoms with Crippen LogP contribution in [0.3, 0.4) is 0 Å². The van der Waals surface area contributed by atoms with Crippen LogP contribution in [0.5, 0.6) is 17.2 Å². The third-order valence-corrected chi connectivity index (χ3v) is 14.1. The molecule has 318 valence electrons. The van der Waals surface area contributed by atoms with Gasteiger partial charge >= 0.3 is 0 Å². The van der Waals surface area contributed by atoms with Crippen molar-refractivity contribution >= 4 is 39.0 Å². The third kappa shape index (κ3) is 8.80. The van der Waals surface area contributed by atoms with Crippen LogP contribution < -0.4 is 9.47 Å². The number of fused-ring (bicyclic) bond motifs is 4. The van der Waals surface area contributed by atoms with E-state index in [0.717, 1.165) is 93.9 Å². The van der Waals surface area contributed by atoms with E-state index in [9.17, 15) is 10.2 Å². The van der Waals surface area contributed by atoms with Gasteiger partial charge in [0.15, 0.2) is 0 Å². The van der Waals surface area contributed by atoms with Crippen LogP contribution in [0.2, 0.25) is 0 Å². The topological polar surface area (TPSA) is 89.7 Å². The minimum absolute atomic E-state index is 0.0548. The third-order valence-electron chi connectivity index (χ3n) is 12.8. The Labute approximate surface area is 369 Å². The van der Waals surface area contributed by atoms with Crippen molar-refractivity contribution in [1.29, 1.82) is 0 Å². The minimum atomic E-state index is -1.10. The van der Waals surface area contributed by atoms with E-state index in [0.29, 0.717) is 19.6 Å². The highest BCUT2D eigenvalue weighted by molar-refractivity contribution is 8.00. The Kier molecular flexibility index (Phi) is 13.1. The van der Waals surface area contributed by atoms with Crippen LogP contribution in [-0.2, 0) is 16.2 Å². The monoisotopic (exact) mass is 845 g/mol. The second kappa shape index (κ2) is 19.3. The molecule has 6 atom stereocenters. The summed E-state index contributed by atoms with van der Waals surface area (Å²) in [6, 6.07) is 46.0. The molecule has 1 aliphatic heterocycles. The van der Waals surface area contributed by atoms with E-state index in [1.54, 1.807) is 11.8 Å². The van der Waals surface area contributed by atoms with Gasteiger partial charge in [-0.05, 0) is 113 Å². The normalized spacial score (nSPS) is 23.3. The van der Waals surface area contributed by atoms with Gasteiger partial charge in [-0.25, -0.2) is 0 Å². The average molecular weight is 846 g/mol. The fraction of sp³-hybridized carbons (Fsp3) is 0.315. The Hall–Kier alpha value is -5.38. The molecule has 2 aliphatic carbocycles. The molecule has 0 saturated heterocycles. The molecule has 0 aromatic heterocycles. The fourth-order valence-electron chi connectivity index (χ4n) is 10.0. The summed E-state index contributed by atoms with van der Waals surface area (Å²) in [5, 5.41) is 29.4. The van der Waals surface area contributed by atoms with Crippen molar-refractivity contribution in [3.05, 3.63) is 169 Å². The number of unbranched alkanes of at least 4 members (excludes halogenated alkanes) is 2. The smallest absolute Gasteiger partial charge is 0.231 e. The molecular formula is C54H55NO6S. The maximum absolute atomic E-state index is 10.0. The molecule has 6 unspecified atom stereocenters. The molecule has 0 bridgehead atoms. The first-order chi connectivity index (χ1) is 30.6. The van der Waals surface area contributed by atoms with Gasteiger partial charge < -0.3 is 29.3 Å². The molecule has 62 heavy (non-hydrogen) atoms. The summed E-state index contributed by atoms with van der Waals surface area (Å²) >= 11 is 1.77. The number of aliphatic hydroxyl groups excluding tert-OH is 2. The van der Waals surface area contributed by atoms with Crippen LogP contribution in [-0.4, -0.2) is 46.8 Å². The lowest BCUT2D eigenvalue weighted by molar-refractivity contribution is -0.223. The minimum Gasteiger partial charge on any atom is -0.460 e.